The minimum Gasteiger partial charge on any atom is -0.497 e. The Kier molecular flexibility index (Phi) is 3.97. The average Bonchev–Trinajstić information content (AvgIpc) is 2.79. The van der Waals surface area contributed by atoms with Crippen LogP contribution >= 0.6 is 0 Å². The Hall–Kier alpha value is -2.37. The molecule has 6 heteroatoms. The summed E-state index contributed by atoms with van der Waals surface area (Å²) >= 11 is 0. The molecule has 5 nitrogen and oxygen atoms in total. The van der Waals surface area contributed by atoms with E-state index in [4.69, 9.17) is 9.47 Å². The number of hydrogen-bond donors (Lipinski definition) is 0. The topological polar surface area (TPSA) is 53.4 Å². The highest BCUT2D eigenvalue weighted by atomic mass is 19.1. The van der Waals surface area contributed by atoms with E-state index in [-0.39, 0.29) is 5.56 Å². The van der Waals surface area contributed by atoms with Gasteiger partial charge in [-0.3, -0.25) is 0 Å². The number of nitrogens with zero attached hydrogens (tertiary/aromatic N) is 2. The predicted molar refractivity (Wildman–Crippen MR) is 75.8 cm³/mol. The number of carbonyl (C=O) groups is 1. The van der Waals surface area contributed by atoms with E-state index in [1.54, 1.807) is 52.1 Å². The van der Waals surface area contributed by atoms with Crippen LogP contribution in [0.5, 0.6) is 5.75 Å². The van der Waals surface area contributed by atoms with Gasteiger partial charge in [-0.15, -0.1) is 5.10 Å². The molecular formula is C15H17FN2O3. The molecule has 0 N–H and O–H groups in total. The molecule has 112 valence electrons. The lowest BCUT2D eigenvalue weighted by molar-refractivity contribution is 0.0511. The number of methoxy groups -OCH3 is 1. The van der Waals surface area contributed by atoms with Crippen molar-refractivity contribution in [2.24, 2.45) is 0 Å². The second kappa shape index (κ2) is 5.55. The summed E-state index contributed by atoms with van der Waals surface area (Å²) in [5.74, 6) is -0.0651. The lowest BCUT2D eigenvalue weighted by Gasteiger charge is -2.18. The lowest BCUT2D eigenvalue weighted by Crippen LogP contribution is -2.27. The Labute approximate surface area is 122 Å². The zero-order valence-corrected chi connectivity index (χ0v) is 12.4. The molecule has 1 aromatic carbocycles. The van der Waals surface area contributed by atoms with Crippen molar-refractivity contribution in [2.75, 3.05) is 7.11 Å². The molecule has 0 saturated carbocycles. The van der Waals surface area contributed by atoms with Crippen molar-refractivity contribution in [3.63, 3.8) is 0 Å². The summed E-state index contributed by atoms with van der Waals surface area (Å²) in [6, 6.07) is 6.80. The Morgan fingerprint density at radius 1 is 1.24 bits per heavy atom. The van der Waals surface area contributed by atoms with Crippen LogP contribution in [0.25, 0.3) is 11.1 Å². The van der Waals surface area contributed by atoms with Crippen LogP contribution in [0.4, 0.5) is 9.18 Å². The van der Waals surface area contributed by atoms with Gasteiger partial charge in [-0.2, -0.15) is 9.07 Å². The van der Waals surface area contributed by atoms with Gasteiger partial charge in [-0.05, 0) is 38.5 Å². The molecule has 0 aliphatic rings. The Morgan fingerprint density at radius 2 is 1.86 bits per heavy atom. The fourth-order valence-corrected chi connectivity index (χ4v) is 1.72. The van der Waals surface area contributed by atoms with Gasteiger partial charge in [0.2, 0.25) is 5.95 Å². The van der Waals surface area contributed by atoms with Crippen molar-refractivity contribution < 1.29 is 18.7 Å². The summed E-state index contributed by atoms with van der Waals surface area (Å²) < 4.78 is 24.9. The highest BCUT2D eigenvalue weighted by molar-refractivity contribution is 5.73. The van der Waals surface area contributed by atoms with Gasteiger partial charge >= 0.3 is 6.09 Å². The van der Waals surface area contributed by atoms with E-state index in [0.717, 1.165) is 4.68 Å². The summed E-state index contributed by atoms with van der Waals surface area (Å²) in [6.45, 7) is 5.19. The van der Waals surface area contributed by atoms with Crippen molar-refractivity contribution in [2.45, 2.75) is 26.4 Å². The normalized spacial score (nSPS) is 11.3. The molecule has 21 heavy (non-hydrogen) atoms. The Bertz CT molecular complexity index is 642. The van der Waals surface area contributed by atoms with Crippen molar-refractivity contribution in [3.05, 3.63) is 36.4 Å². The van der Waals surface area contributed by atoms with Gasteiger partial charge in [0.25, 0.3) is 0 Å². The van der Waals surface area contributed by atoms with Crippen LogP contribution in [-0.4, -0.2) is 28.6 Å². The summed E-state index contributed by atoms with van der Waals surface area (Å²) in [6.07, 6.45) is 0.590. The van der Waals surface area contributed by atoms with Gasteiger partial charge in [-0.25, -0.2) is 4.79 Å². The monoisotopic (exact) mass is 292 g/mol. The first-order valence-corrected chi connectivity index (χ1v) is 6.43. The molecule has 1 aromatic heterocycles. The SMILES string of the molecule is COc1ccc(-c2cn(C(=O)OC(C)(C)C)nc2F)cc1. The number of hydrogen-bond acceptors (Lipinski definition) is 4. The molecule has 0 amide bonds. The van der Waals surface area contributed by atoms with Gasteiger partial charge < -0.3 is 9.47 Å². The predicted octanol–water partition coefficient (Wildman–Crippen LogP) is 3.48. The van der Waals surface area contributed by atoms with Crippen LogP contribution in [0, 0.1) is 5.95 Å². The third-order valence-electron chi connectivity index (χ3n) is 2.65. The van der Waals surface area contributed by atoms with Gasteiger partial charge in [-0.1, -0.05) is 12.1 Å². The summed E-state index contributed by atoms with van der Waals surface area (Å²) in [4.78, 5) is 11.8. The number of rotatable bonds is 2. The molecule has 0 aliphatic carbocycles. The zero-order chi connectivity index (χ0) is 15.6. The van der Waals surface area contributed by atoms with Gasteiger partial charge in [0.1, 0.15) is 11.4 Å². The standard InChI is InChI=1S/C15H17FN2O3/c1-15(2,3)21-14(19)18-9-12(13(16)17-18)10-5-7-11(20-4)8-6-10/h5-9H,1-4H3. The minimum atomic E-state index is -0.731. The van der Waals surface area contributed by atoms with Crippen LogP contribution in [0.3, 0.4) is 0 Å². The number of carbonyl (C=O) groups excluding carboxylic acids is 1. The molecule has 0 spiro atoms. The maximum atomic E-state index is 13.9. The third kappa shape index (κ3) is 3.59. The van der Waals surface area contributed by atoms with E-state index in [2.05, 4.69) is 5.10 Å². The maximum Gasteiger partial charge on any atom is 0.435 e. The van der Waals surface area contributed by atoms with Crippen molar-refractivity contribution >= 4 is 6.09 Å². The third-order valence-corrected chi connectivity index (χ3v) is 2.65. The van der Waals surface area contributed by atoms with Gasteiger partial charge in [0.15, 0.2) is 0 Å². The molecule has 0 unspecified atom stereocenters. The summed E-state index contributed by atoms with van der Waals surface area (Å²) in [5, 5.41) is 3.56. The molecule has 0 saturated heterocycles. The second-order valence-electron chi connectivity index (χ2n) is 5.49. The van der Waals surface area contributed by atoms with E-state index >= 15 is 0 Å². The smallest absolute Gasteiger partial charge is 0.435 e. The largest absolute Gasteiger partial charge is 0.497 e. The minimum absolute atomic E-state index is 0.225. The van der Waals surface area contributed by atoms with Crippen LogP contribution < -0.4 is 4.74 Å². The van der Waals surface area contributed by atoms with Crippen LogP contribution in [0.1, 0.15) is 20.8 Å². The first-order valence-electron chi connectivity index (χ1n) is 6.43. The molecule has 2 aromatic rings. The quantitative estimate of drug-likeness (QED) is 0.850. The van der Waals surface area contributed by atoms with Crippen molar-refractivity contribution in [1.29, 1.82) is 0 Å². The number of aromatic nitrogens is 2. The highest BCUT2D eigenvalue weighted by Crippen LogP contribution is 2.24. The van der Waals surface area contributed by atoms with Crippen molar-refractivity contribution in [1.82, 2.24) is 9.78 Å². The van der Waals surface area contributed by atoms with Crippen LogP contribution in [0.2, 0.25) is 0 Å². The molecule has 1 heterocycles. The van der Waals surface area contributed by atoms with E-state index < -0.39 is 17.6 Å². The molecule has 0 atom stereocenters. The molecule has 2 rings (SSSR count). The summed E-state index contributed by atoms with van der Waals surface area (Å²) in [7, 11) is 1.55. The van der Waals surface area contributed by atoms with E-state index in [1.807, 2.05) is 0 Å². The van der Waals surface area contributed by atoms with E-state index in [0.29, 0.717) is 11.3 Å². The lowest BCUT2D eigenvalue weighted by atomic mass is 10.1. The summed E-state index contributed by atoms with van der Waals surface area (Å²) in [5.41, 5.74) is 0.159. The van der Waals surface area contributed by atoms with E-state index in [9.17, 15) is 9.18 Å². The zero-order valence-electron chi connectivity index (χ0n) is 12.4. The number of halogens is 1. The Balaban J connectivity index is 2.28. The molecular weight excluding hydrogens is 275 g/mol. The fraction of sp³-hybridized carbons (Fsp3) is 0.333. The van der Waals surface area contributed by atoms with Gasteiger partial charge in [0.05, 0.1) is 12.7 Å². The molecule has 0 fully saturated rings. The van der Waals surface area contributed by atoms with Crippen LogP contribution in [0.15, 0.2) is 30.5 Å². The van der Waals surface area contributed by atoms with E-state index in [1.165, 1.54) is 6.20 Å². The van der Waals surface area contributed by atoms with Crippen LogP contribution in [-0.2, 0) is 4.74 Å². The maximum absolute atomic E-state index is 13.9. The molecule has 0 aliphatic heterocycles. The highest BCUT2D eigenvalue weighted by Gasteiger charge is 2.21. The molecule has 0 radical (unpaired) electrons. The number of benzene rings is 1. The Morgan fingerprint density at radius 3 is 2.38 bits per heavy atom. The van der Waals surface area contributed by atoms with Crippen molar-refractivity contribution in [3.8, 4) is 16.9 Å². The molecule has 0 bridgehead atoms. The first-order chi connectivity index (χ1) is 9.80. The fourth-order valence-electron chi connectivity index (χ4n) is 1.72. The second-order valence-corrected chi connectivity index (χ2v) is 5.49. The first kappa shape index (κ1) is 15.0. The average molecular weight is 292 g/mol. The van der Waals surface area contributed by atoms with Gasteiger partial charge in [0, 0.05) is 6.20 Å². The number of ether oxygens (including phenoxy) is 2.